The number of fused-ring (bicyclic) bond motifs is 1. The van der Waals surface area contributed by atoms with Gasteiger partial charge in [0.05, 0.1) is 11.8 Å². The minimum atomic E-state index is -0.256. The molecule has 1 amide bonds. The lowest BCUT2D eigenvalue weighted by Gasteiger charge is -2.12. The Bertz CT molecular complexity index is 1120. The summed E-state index contributed by atoms with van der Waals surface area (Å²) in [6.07, 6.45) is 1.62. The molecule has 0 aliphatic carbocycles. The molecule has 2 aromatic heterocycles. The van der Waals surface area contributed by atoms with Gasteiger partial charge in [-0.1, -0.05) is 47.5 Å². The van der Waals surface area contributed by atoms with Crippen LogP contribution in [-0.2, 0) is 6.54 Å². The van der Waals surface area contributed by atoms with E-state index in [1.807, 2.05) is 22.8 Å². The molecule has 2 heterocycles. The van der Waals surface area contributed by atoms with Crippen molar-refractivity contribution < 1.29 is 9.21 Å². The van der Waals surface area contributed by atoms with Crippen LogP contribution >= 0.6 is 23.2 Å². The van der Waals surface area contributed by atoms with Crippen LogP contribution < -0.4 is 5.32 Å². The predicted octanol–water partition coefficient (Wildman–Crippen LogP) is 6.15. The molecule has 0 saturated carbocycles. The first-order chi connectivity index (χ1) is 13.0. The quantitative estimate of drug-likeness (QED) is 0.447. The molecule has 0 atom stereocenters. The highest BCUT2D eigenvalue weighted by Crippen LogP contribution is 2.26. The molecule has 0 saturated heterocycles. The summed E-state index contributed by atoms with van der Waals surface area (Å²) in [5.74, 6) is -0.256. The van der Waals surface area contributed by atoms with Gasteiger partial charge in [-0.05, 0) is 36.2 Å². The number of benzene rings is 2. The second kappa shape index (κ2) is 7.14. The molecule has 6 heteroatoms. The van der Waals surface area contributed by atoms with E-state index in [1.54, 1.807) is 30.5 Å². The molecule has 1 N–H and O–H groups in total. The average Bonchev–Trinajstić information content (AvgIpc) is 3.18. The first-order valence-electron chi connectivity index (χ1n) is 8.40. The highest BCUT2D eigenvalue weighted by atomic mass is 35.5. The van der Waals surface area contributed by atoms with Gasteiger partial charge in [0.15, 0.2) is 5.58 Å². The summed E-state index contributed by atoms with van der Waals surface area (Å²) < 4.78 is 7.45. The minimum Gasteiger partial charge on any atom is -0.463 e. The summed E-state index contributed by atoms with van der Waals surface area (Å²) in [6.45, 7) is 2.62. The maximum atomic E-state index is 12.9. The van der Waals surface area contributed by atoms with Crippen molar-refractivity contribution in [2.75, 3.05) is 5.32 Å². The van der Waals surface area contributed by atoms with E-state index in [2.05, 4.69) is 24.4 Å². The highest BCUT2D eigenvalue weighted by Gasteiger charge is 2.18. The van der Waals surface area contributed by atoms with Crippen molar-refractivity contribution in [3.05, 3.63) is 87.7 Å². The number of hydrogen-bond acceptors (Lipinski definition) is 2. The van der Waals surface area contributed by atoms with E-state index >= 15 is 0 Å². The third kappa shape index (κ3) is 3.59. The van der Waals surface area contributed by atoms with Crippen molar-refractivity contribution in [1.82, 2.24) is 4.57 Å². The topological polar surface area (TPSA) is 47.2 Å². The fourth-order valence-electron chi connectivity index (χ4n) is 3.11. The van der Waals surface area contributed by atoms with Crippen molar-refractivity contribution in [1.29, 1.82) is 0 Å². The Labute approximate surface area is 166 Å². The van der Waals surface area contributed by atoms with Gasteiger partial charge in [-0.3, -0.25) is 4.79 Å². The molecule has 0 fully saturated rings. The third-order valence-electron chi connectivity index (χ3n) is 4.47. The number of amides is 1. The minimum absolute atomic E-state index is 0.256. The number of carbonyl (C=O) groups excluding carboxylic acids is 1. The molecular weight excluding hydrogens is 383 g/mol. The Balaban J connectivity index is 1.72. The Morgan fingerprint density at radius 1 is 1.07 bits per heavy atom. The average molecular weight is 399 g/mol. The van der Waals surface area contributed by atoms with E-state index in [4.69, 9.17) is 27.6 Å². The standard InChI is InChI=1S/C21H16Cl2N2O2/c1-13-4-2-3-5-14(13)12-25-18-6-7-27-20(18)11-19(25)21(26)24-17-9-15(22)8-16(23)10-17/h2-11H,12H2,1H3,(H,24,26). The molecule has 0 bridgehead atoms. The lowest BCUT2D eigenvalue weighted by Crippen LogP contribution is -2.17. The molecular formula is C21H16Cl2N2O2. The SMILES string of the molecule is Cc1ccccc1Cn1c(C(=O)Nc2cc(Cl)cc(Cl)c2)cc2occc21. The summed E-state index contributed by atoms with van der Waals surface area (Å²) in [5, 5.41) is 3.78. The molecule has 0 unspecified atom stereocenters. The van der Waals surface area contributed by atoms with Gasteiger partial charge in [-0.2, -0.15) is 0 Å². The zero-order chi connectivity index (χ0) is 19.0. The number of nitrogens with zero attached hydrogens (tertiary/aromatic N) is 1. The number of furan rings is 1. The van der Waals surface area contributed by atoms with Gasteiger partial charge in [-0.25, -0.2) is 0 Å². The van der Waals surface area contributed by atoms with E-state index in [9.17, 15) is 4.79 Å². The van der Waals surface area contributed by atoms with Crippen LogP contribution in [0, 0.1) is 6.92 Å². The van der Waals surface area contributed by atoms with Crippen molar-refractivity contribution in [3.63, 3.8) is 0 Å². The predicted molar refractivity (Wildman–Crippen MR) is 109 cm³/mol. The molecule has 0 aliphatic heterocycles. The number of rotatable bonds is 4. The lowest BCUT2D eigenvalue weighted by molar-refractivity contribution is 0.101. The largest absolute Gasteiger partial charge is 0.463 e. The fraction of sp³-hybridized carbons (Fsp3) is 0.0952. The Morgan fingerprint density at radius 2 is 1.81 bits per heavy atom. The summed E-state index contributed by atoms with van der Waals surface area (Å²) in [4.78, 5) is 12.9. The second-order valence-corrected chi connectivity index (χ2v) is 7.20. The van der Waals surface area contributed by atoms with Crippen LogP contribution in [0.1, 0.15) is 21.6 Å². The normalized spacial score (nSPS) is 11.1. The van der Waals surface area contributed by atoms with Crippen LogP contribution in [0.25, 0.3) is 11.1 Å². The number of halogens is 2. The highest BCUT2D eigenvalue weighted by molar-refractivity contribution is 6.35. The van der Waals surface area contributed by atoms with Crippen LogP contribution in [0.2, 0.25) is 10.0 Å². The number of nitrogens with one attached hydrogen (secondary N) is 1. The van der Waals surface area contributed by atoms with Gasteiger partial charge in [0.25, 0.3) is 5.91 Å². The molecule has 2 aromatic carbocycles. The van der Waals surface area contributed by atoms with Crippen molar-refractivity contribution in [2.45, 2.75) is 13.5 Å². The van der Waals surface area contributed by atoms with Gasteiger partial charge >= 0.3 is 0 Å². The smallest absolute Gasteiger partial charge is 0.272 e. The Morgan fingerprint density at radius 3 is 2.56 bits per heavy atom. The van der Waals surface area contributed by atoms with Crippen LogP contribution in [0.3, 0.4) is 0 Å². The number of anilines is 1. The first kappa shape index (κ1) is 17.7. The van der Waals surface area contributed by atoms with E-state index in [1.165, 1.54) is 0 Å². The van der Waals surface area contributed by atoms with Crippen molar-refractivity contribution in [2.24, 2.45) is 0 Å². The van der Waals surface area contributed by atoms with Crippen molar-refractivity contribution in [3.8, 4) is 0 Å². The summed E-state index contributed by atoms with van der Waals surface area (Å²) in [5.41, 5.74) is 4.87. The maximum absolute atomic E-state index is 12.9. The third-order valence-corrected chi connectivity index (χ3v) is 4.90. The first-order valence-corrected chi connectivity index (χ1v) is 9.15. The van der Waals surface area contributed by atoms with Gasteiger partial charge in [0.1, 0.15) is 5.69 Å². The molecule has 4 nitrogen and oxygen atoms in total. The van der Waals surface area contributed by atoms with Gasteiger partial charge in [0, 0.05) is 34.4 Å². The number of carbonyl (C=O) groups is 1. The molecule has 4 aromatic rings. The van der Waals surface area contributed by atoms with E-state index in [-0.39, 0.29) is 5.91 Å². The molecule has 0 radical (unpaired) electrons. The molecule has 136 valence electrons. The maximum Gasteiger partial charge on any atom is 0.272 e. The summed E-state index contributed by atoms with van der Waals surface area (Å²) in [7, 11) is 0. The summed E-state index contributed by atoms with van der Waals surface area (Å²) in [6, 6.07) is 16.6. The zero-order valence-corrected chi connectivity index (χ0v) is 16.0. The number of aromatic nitrogens is 1. The summed E-state index contributed by atoms with van der Waals surface area (Å²) >= 11 is 12.1. The zero-order valence-electron chi connectivity index (χ0n) is 14.5. The second-order valence-electron chi connectivity index (χ2n) is 6.32. The van der Waals surface area contributed by atoms with Crippen LogP contribution in [0.15, 0.2) is 65.3 Å². The lowest BCUT2D eigenvalue weighted by atomic mass is 10.1. The van der Waals surface area contributed by atoms with Gasteiger partial charge < -0.3 is 14.3 Å². The van der Waals surface area contributed by atoms with Crippen molar-refractivity contribution >= 4 is 45.9 Å². The van der Waals surface area contributed by atoms with Crippen LogP contribution in [-0.4, -0.2) is 10.5 Å². The molecule has 0 aliphatic rings. The molecule has 0 spiro atoms. The van der Waals surface area contributed by atoms with E-state index in [0.29, 0.717) is 33.6 Å². The van der Waals surface area contributed by atoms with E-state index in [0.717, 1.165) is 16.6 Å². The molecule has 4 rings (SSSR count). The van der Waals surface area contributed by atoms with Crippen LogP contribution in [0.5, 0.6) is 0 Å². The number of aryl methyl sites for hydroxylation is 1. The Hall–Kier alpha value is -2.69. The van der Waals surface area contributed by atoms with E-state index < -0.39 is 0 Å². The fourth-order valence-corrected chi connectivity index (χ4v) is 3.64. The number of hydrogen-bond donors (Lipinski definition) is 1. The molecule has 27 heavy (non-hydrogen) atoms. The van der Waals surface area contributed by atoms with Gasteiger partial charge in [-0.15, -0.1) is 0 Å². The Kier molecular flexibility index (Phi) is 4.68. The monoisotopic (exact) mass is 398 g/mol. The van der Waals surface area contributed by atoms with Gasteiger partial charge in [0.2, 0.25) is 0 Å². The van der Waals surface area contributed by atoms with Crippen LogP contribution in [0.4, 0.5) is 5.69 Å².